The first-order valence-corrected chi connectivity index (χ1v) is 12.1. The van der Waals surface area contributed by atoms with E-state index >= 15 is 0 Å². The van der Waals surface area contributed by atoms with Gasteiger partial charge < -0.3 is 9.80 Å². The first-order valence-electron chi connectivity index (χ1n) is 11.0. The number of halogens is 1. The van der Waals surface area contributed by atoms with E-state index in [1.54, 1.807) is 23.1 Å². The van der Waals surface area contributed by atoms with Gasteiger partial charge in [0.1, 0.15) is 6.04 Å². The molecule has 3 heterocycles. The Morgan fingerprint density at radius 1 is 0.912 bits per heavy atom. The zero-order valence-electron chi connectivity index (χ0n) is 18.1. The predicted octanol–water partition coefficient (Wildman–Crippen LogP) is 1.65. The van der Waals surface area contributed by atoms with E-state index in [-0.39, 0.29) is 29.9 Å². The van der Waals surface area contributed by atoms with E-state index in [4.69, 9.17) is 0 Å². The van der Waals surface area contributed by atoms with Crippen molar-refractivity contribution < 1.29 is 24.0 Å². The van der Waals surface area contributed by atoms with E-state index in [0.29, 0.717) is 37.4 Å². The number of piperidine rings is 1. The molecule has 2 aromatic carbocycles. The number of nitrogens with zero attached hydrogens (tertiary/aromatic N) is 3. The van der Waals surface area contributed by atoms with Crippen LogP contribution >= 0.6 is 22.6 Å². The minimum Gasteiger partial charge on any atom is -0.367 e. The van der Waals surface area contributed by atoms with Crippen molar-refractivity contribution in [1.82, 2.24) is 15.1 Å². The smallest absolute Gasteiger partial charge is 0.264 e. The molecule has 10 heteroatoms. The quantitative estimate of drug-likeness (QED) is 0.443. The third kappa shape index (κ3) is 3.85. The summed E-state index contributed by atoms with van der Waals surface area (Å²) in [5.74, 6) is -2.12. The molecule has 0 radical (unpaired) electrons. The monoisotopic (exact) mass is 572 g/mol. The van der Waals surface area contributed by atoms with E-state index in [1.165, 1.54) is 0 Å². The summed E-state index contributed by atoms with van der Waals surface area (Å²) < 4.78 is 1.06. The summed E-state index contributed by atoms with van der Waals surface area (Å²) in [6.07, 6.45) is 0.192. The SMILES string of the molecule is O=C1CCC(N2C(=O)c3cccc(N4CCN(C(=O)c5ccc(I)cc5)CC4)c3C2=O)C(=O)N1. The standard InChI is InChI=1S/C24H21IN4O5/c25-15-6-4-14(5-7-15)22(32)28-12-10-27(11-13-28)17-3-1-2-16-20(17)24(34)29(23(16)33)18-8-9-19(30)26-21(18)31/h1-7,18H,8-13H2,(H,26,30,31). The molecular weight excluding hydrogens is 551 g/mol. The highest BCUT2D eigenvalue weighted by molar-refractivity contribution is 14.1. The number of carbonyl (C=O) groups is 5. The normalized spacial score (nSPS) is 20.5. The van der Waals surface area contributed by atoms with Gasteiger partial charge in [-0.15, -0.1) is 0 Å². The molecule has 1 N–H and O–H groups in total. The van der Waals surface area contributed by atoms with Crippen molar-refractivity contribution in [2.24, 2.45) is 0 Å². The Morgan fingerprint density at radius 2 is 1.62 bits per heavy atom. The number of benzene rings is 2. The summed E-state index contributed by atoms with van der Waals surface area (Å²) in [5.41, 5.74) is 1.78. The van der Waals surface area contributed by atoms with Crippen LogP contribution in [0.4, 0.5) is 5.69 Å². The predicted molar refractivity (Wildman–Crippen MR) is 130 cm³/mol. The van der Waals surface area contributed by atoms with E-state index in [1.807, 2.05) is 29.2 Å². The average molecular weight is 572 g/mol. The summed E-state index contributed by atoms with van der Waals surface area (Å²) in [6, 6.07) is 11.5. The number of fused-ring (bicyclic) bond motifs is 1. The summed E-state index contributed by atoms with van der Waals surface area (Å²) in [6.45, 7) is 1.97. The molecule has 3 aliphatic rings. The molecule has 0 aromatic heterocycles. The summed E-state index contributed by atoms with van der Waals surface area (Å²) in [4.78, 5) is 67.8. The van der Waals surface area contributed by atoms with Gasteiger partial charge in [0.25, 0.3) is 17.7 Å². The minimum absolute atomic E-state index is 0.0374. The van der Waals surface area contributed by atoms with Crippen LogP contribution in [0, 0.1) is 3.57 Å². The van der Waals surface area contributed by atoms with Crippen LogP contribution in [0.15, 0.2) is 42.5 Å². The molecule has 174 valence electrons. The Hall–Kier alpha value is -3.28. The number of carbonyl (C=O) groups excluding carboxylic acids is 5. The second kappa shape index (κ2) is 8.82. The first kappa shape index (κ1) is 22.5. The zero-order chi connectivity index (χ0) is 24.0. The molecule has 5 rings (SSSR count). The molecule has 0 spiro atoms. The fraction of sp³-hybridized carbons (Fsp3) is 0.292. The highest BCUT2D eigenvalue weighted by Crippen LogP contribution is 2.34. The lowest BCUT2D eigenvalue weighted by Crippen LogP contribution is -2.54. The summed E-state index contributed by atoms with van der Waals surface area (Å²) in [7, 11) is 0. The molecule has 34 heavy (non-hydrogen) atoms. The molecular formula is C24H21IN4O5. The highest BCUT2D eigenvalue weighted by Gasteiger charge is 2.46. The molecule has 9 nitrogen and oxygen atoms in total. The fourth-order valence-electron chi connectivity index (χ4n) is 4.69. The summed E-state index contributed by atoms with van der Waals surface area (Å²) in [5, 5.41) is 2.21. The second-order valence-electron chi connectivity index (χ2n) is 8.43. The van der Waals surface area contributed by atoms with Crippen molar-refractivity contribution in [3.8, 4) is 0 Å². The van der Waals surface area contributed by atoms with Crippen LogP contribution < -0.4 is 10.2 Å². The lowest BCUT2D eigenvalue weighted by Gasteiger charge is -2.36. The molecule has 0 aliphatic carbocycles. The van der Waals surface area contributed by atoms with Crippen LogP contribution in [0.5, 0.6) is 0 Å². The fourth-order valence-corrected chi connectivity index (χ4v) is 5.05. The van der Waals surface area contributed by atoms with E-state index in [2.05, 4.69) is 27.9 Å². The van der Waals surface area contributed by atoms with Gasteiger partial charge in [-0.25, -0.2) is 0 Å². The van der Waals surface area contributed by atoms with Gasteiger partial charge in [-0.05, 0) is 65.4 Å². The van der Waals surface area contributed by atoms with Crippen LogP contribution in [0.25, 0.3) is 0 Å². The average Bonchev–Trinajstić information content (AvgIpc) is 3.09. The van der Waals surface area contributed by atoms with Crippen molar-refractivity contribution >= 4 is 57.8 Å². The number of rotatable bonds is 3. The molecule has 1 unspecified atom stereocenters. The minimum atomic E-state index is -0.999. The lowest BCUT2D eigenvalue weighted by molar-refractivity contribution is -0.136. The third-order valence-electron chi connectivity index (χ3n) is 6.44. The van der Waals surface area contributed by atoms with Crippen molar-refractivity contribution in [1.29, 1.82) is 0 Å². The Labute approximate surface area is 209 Å². The Balaban J connectivity index is 1.34. The Kier molecular flexibility index (Phi) is 5.84. The Bertz CT molecular complexity index is 1220. The van der Waals surface area contributed by atoms with Crippen LogP contribution in [-0.4, -0.2) is 71.6 Å². The van der Waals surface area contributed by atoms with E-state index < -0.39 is 29.7 Å². The number of amides is 5. The molecule has 2 saturated heterocycles. The molecule has 1 atom stereocenters. The van der Waals surface area contributed by atoms with Gasteiger partial charge in [0.15, 0.2) is 0 Å². The maximum absolute atomic E-state index is 13.3. The second-order valence-corrected chi connectivity index (χ2v) is 9.68. The van der Waals surface area contributed by atoms with Gasteiger partial charge in [0.2, 0.25) is 11.8 Å². The number of imide groups is 2. The summed E-state index contributed by atoms with van der Waals surface area (Å²) >= 11 is 2.19. The van der Waals surface area contributed by atoms with Crippen molar-refractivity contribution in [2.45, 2.75) is 18.9 Å². The van der Waals surface area contributed by atoms with Crippen LogP contribution in [0.3, 0.4) is 0 Å². The lowest BCUT2D eigenvalue weighted by atomic mass is 10.0. The van der Waals surface area contributed by atoms with Gasteiger partial charge in [0.05, 0.1) is 16.8 Å². The van der Waals surface area contributed by atoms with E-state index in [9.17, 15) is 24.0 Å². The maximum atomic E-state index is 13.3. The van der Waals surface area contributed by atoms with Crippen LogP contribution in [0.1, 0.15) is 43.9 Å². The zero-order valence-corrected chi connectivity index (χ0v) is 20.3. The first-order chi connectivity index (χ1) is 16.3. The van der Waals surface area contributed by atoms with Gasteiger partial charge in [-0.3, -0.25) is 34.2 Å². The largest absolute Gasteiger partial charge is 0.367 e. The molecule has 0 bridgehead atoms. The molecule has 3 aliphatic heterocycles. The number of anilines is 1. The number of hydrogen-bond donors (Lipinski definition) is 1. The van der Waals surface area contributed by atoms with Crippen molar-refractivity contribution in [2.75, 3.05) is 31.1 Å². The number of piperazine rings is 1. The highest BCUT2D eigenvalue weighted by atomic mass is 127. The molecule has 0 saturated carbocycles. The van der Waals surface area contributed by atoms with Crippen molar-refractivity contribution in [3.63, 3.8) is 0 Å². The van der Waals surface area contributed by atoms with Crippen LogP contribution in [-0.2, 0) is 9.59 Å². The van der Waals surface area contributed by atoms with Gasteiger partial charge in [-0.1, -0.05) is 6.07 Å². The third-order valence-corrected chi connectivity index (χ3v) is 7.16. The van der Waals surface area contributed by atoms with Gasteiger partial charge in [-0.2, -0.15) is 0 Å². The van der Waals surface area contributed by atoms with Gasteiger partial charge >= 0.3 is 0 Å². The number of hydrogen-bond acceptors (Lipinski definition) is 6. The molecule has 2 aromatic rings. The van der Waals surface area contributed by atoms with E-state index in [0.717, 1.165) is 8.47 Å². The van der Waals surface area contributed by atoms with Crippen LogP contribution in [0.2, 0.25) is 0 Å². The maximum Gasteiger partial charge on any atom is 0.264 e. The number of nitrogens with one attached hydrogen (secondary N) is 1. The molecule has 2 fully saturated rings. The Morgan fingerprint density at radius 3 is 2.29 bits per heavy atom. The van der Waals surface area contributed by atoms with Crippen molar-refractivity contribution in [3.05, 3.63) is 62.7 Å². The molecule has 5 amide bonds. The topological polar surface area (TPSA) is 107 Å². The van der Waals surface area contributed by atoms with Gasteiger partial charge in [0, 0.05) is 41.7 Å².